The van der Waals surface area contributed by atoms with E-state index < -0.39 is 5.92 Å². The fourth-order valence-electron chi connectivity index (χ4n) is 3.60. The summed E-state index contributed by atoms with van der Waals surface area (Å²) in [4.78, 5) is 39.4. The highest BCUT2D eigenvalue weighted by molar-refractivity contribution is 6.07. The second kappa shape index (κ2) is 8.90. The third-order valence-corrected chi connectivity index (χ3v) is 4.98. The van der Waals surface area contributed by atoms with Crippen molar-refractivity contribution in [2.75, 3.05) is 23.3 Å². The Labute approximate surface area is 171 Å². The predicted octanol–water partition coefficient (Wildman–Crippen LogP) is 3.43. The average molecular weight is 393 g/mol. The topological polar surface area (TPSA) is 78.5 Å². The number of aryl methyl sites for hydroxylation is 2. The molecule has 0 aromatic heterocycles. The van der Waals surface area contributed by atoms with Crippen LogP contribution in [-0.4, -0.2) is 30.8 Å². The number of anilines is 2. The molecule has 1 saturated heterocycles. The maximum absolute atomic E-state index is 12.8. The van der Waals surface area contributed by atoms with Gasteiger partial charge < -0.3 is 15.5 Å². The highest BCUT2D eigenvalue weighted by Gasteiger charge is 2.35. The van der Waals surface area contributed by atoms with Gasteiger partial charge in [-0.25, -0.2) is 0 Å². The number of hydrogen-bond donors (Lipinski definition) is 2. The minimum absolute atomic E-state index is 0.0656. The lowest BCUT2D eigenvalue weighted by Gasteiger charge is -2.18. The van der Waals surface area contributed by atoms with Crippen LogP contribution in [0.5, 0.6) is 0 Å². The predicted molar refractivity (Wildman–Crippen MR) is 114 cm³/mol. The SMILES string of the molecule is CCCNC(=O)c1ccccc1NC(=O)C1CC(=O)N(c2cc(C)cc(C)c2)C1. The van der Waals surface area contributed by atoms with Crippen LogP contribution in [0.25, 0.3) is 0 Å². The monoisotopic (exact) mass is 393 g/mol. The van der Waals surface area contributed by atoms with Crippen molar-refractivity contribution >= 4 is 29.1 Å². The molecule has 6 nitrogen and oxygen atoms in total. The minimum Gasteiger partial charge on any atom is -0.352 e. The van der Waals surface area contributed by atoms with E-state index >= 15 is 0 Å². The maximum atomic E-state index is 12.8. The van der Waals surface area contributed by atoms with Gasteiger partial charge in [-0.15, -0.1) is 0 Å². The van der Waals surface area contributed by atoms with Crippen LogP contribution >= 0.6 is 0 Å². The summed E-state index contributed by atoms with van der Waals surface area (Å²) < 4.78 is 0. The number of carbonyl (C=O) groups is 3. The Morgan fingerprint density at radius 3 is 2.48 bits per heavy atom. The Balaban J connectivity index is 1.72. The fraction of sp³-hybridized carbons (Fsp3) is 0.348. The summed E-state index contributed by atoms with van der Waals surface area (Å²) in [6.07, 6.45) is 0.988. The second-order valence-electron chi connectivity index (χ2n) is 7.54. The number of nitrogens with one attached hydrogen (secondary N) is 2. The molecule has 1 aliphatic heterocycles. The molecule has 1 heterocycles. The number of para-hydroxylation sites is 1. The molecule has 1 fully saturated rings. The van der Waals surface area contributed by atoms with E-state index in [-0.39, 0.29) is 24.1 Å². The first-order valence-electron chi connectivity index (χ1n) is 9.95. The van der Waals surface area contributed by atoms with E-state index in [1.54, 1.807) is 29.2 Å². The van der Waals surface area contributed by atoms with Crippen LogP contribution in [0.1, 0.15) is 41.3 Å². The van der Waals surface area contributed by atoms with E-state index in [1.165, 1.54) is 0 Å². The molecule has 152 valence electrons. The van der Waals surface area contributed by atoms with Gasteiger partial charge in [0.05, 0.1) is 17.2 Å². The van der Waals surface area contributed by atoms with Crippen LogP contribution in [0.2, 0.25) is 0 Å². The Kier molecular flexibility index (Phi) is 6.32. The summed E-state index contributed by atoms with van der Waals surface area (Å²) in [6, 6.07) is 12.9. The van der Waals surface area contributed by atoms with E-state index in [4.69, 9.17) is 0 Å². The zero-order valence-electron chi connectivity index (χ0n) is 17.1. The van der Waals surface area contributed by atoms with Gasteiger partial charge in [-0.2, -0.15) is 0 Å². The highest BCUT2D eigenvalue weighted by Crippen LogP contribution is 2.28. The normalized spacial score (nSPS) is 16.0. The van der Waals surface area contributed by atoms with E-state index in [9.17, 15) is 14.4 Å². The number of rotatable bonds is 6. The van der Waals surface area contributed by atoms with Crippen molar-refractivity contribution in [2.24, 2.45) is 5.92 Å². The number of hydrogen-bond acceptors (Lipinski definition) is 3. The van der Waals surface area contributed by atoms with Gasteiger partial charge in [0.15, 0.2) is 0 Å². The van der Waals surface area contributed by atoms with Crippen LogP contribution < -0.4 is 15.5 Å². The Morgan fingerprint density at radius 2 is 1.79 bits per heavy atom. The second-order valence-corrected chi connectivity index (χ2v) is 7.54. The third-order valence-electron chi connectivity index (χ3n) is 4.98. The van der Waals surface area contributed by atoms with Gasteiger partial charge in [0, 0.05) is 25.2 Å². The molecule has 2 N–H and O–H groups in total. The van der Waals surface area contributed by atoms with Gasteiger partial charge in [0.2, 0.25) is 11.8 Å². The van der Waals surface area contributed by atoms with Gasteiger partial charge in [-0.1, -0.05) is 25.1 Å². The third kappa shape index (κ3) is 4.83. The summed E-state index contributed by atoms with van der Waals surface area (Å²) in [5.41, 5.74) is 3.86. The zero-order chi connectivity index (χ0) is 21.0. The van der Waals surface area contributed by atoms with E-state index in [0.29, 0.717) is 24.3 Å². The Hall–Kier alpha value is -3.15. The van der Waals surface area contributed by atoms with Crippen molar-refractivity contribution in [1.29, 1.82) is 0 Å². The lowest BCUT2D eigenvalue weighted by Crippen LogP contribution is -2.29. The van der Waals surface area contributed by atoms with Crippen LogP contribution in [0.4, 0.5) is 11.4 Å². The first-order chi connectivity index (χ1) is 13.9. The summed E-state index contributed by atoms with van der Waals surface area (Å²) in [6.45, 7) is 6.86. The number of nitrogens with zero attached hydrogens (tertiary/aromatic N) is 1. The smallest absolute Gasteiger partial charge is 0.253 e. The molecule has 29 heavy (non-hydrogen) atoms. The molecule has 6 heteroatoms. The standard InChI is InChI=1S/C23H27N3O3/c1-4-9-24-23(29)19-7-5-6-8-20(19)25-22(28)17-13-21(27)26(14-17)18-11-15(2)10-16(3)12-18/h5-8,10-12,17H,4,9,13-14H2,1-3H3,(H,24,29)(H,25,28). The molecular weight excluding hydrogens is 366 g/mol. The highest BCUT2D eigenvalue weighted by atomic mass is 16.2. The van der Waals surface area contributed by atoms with E-state index in [0.717, 1.165) is 23.2 Å². The molecule has 0 radical (unpaired) electrons. The molecule has 3 rings (SSSR count). The minimum atomic E-state index is -0.463. The van der Waals surface area contributed by atoms with Gasteiger partial charge in [0.25, 0.3) is 5.91 Å². The number of benzene rings is 2. The molecule has 1 atom stereocenters. The number of amides is 3. The lowest BCUT2D eigenvalue weighted by atomic mass is 10.1. The van der Waals surface area contributed by atoms with Gasteiger partial charge in [0.1, 0.15) is 0 Å². The fourth-order valence-corrected chi connectivity index (χ4v) is 3.60. The molecule has 1 aliphatic rings. The Morgan fingerprint density at radius 1 is 1.10 bits per heavy atom. The molecule has 2 aromatic carbocycles. The first kappa shape index (κ1) is 20.6. The van der Waals surface area contributed by atoms with Gasteiger partial charge in [-0.05, 0) is 55.7 Å². The molecule has 2 aromatic rings. The first-order valence-corrected chi connectivity index (χ1v) is 9.95. The summed E-state index contributed by atoms with van der Waals surface area (Å²) in [5.74, 6) is -0.998. The summed E-state index contributed by atoms with van der Waals surface area (Å²) in [7, 11) is 0. The van der Waals surface area contributed by atoms with Crippen LogP contribution in [0.3, 0.4) is 0 Å². The molecule has 3 amide bonds. The zero-order valence-corrected chi connectivity index (χ0v) is 17.1. The average Bonchev–Trinajstić information content (AvgIpc) is 3.07. The van der Waals surface area contributed by atoms with Crippen molar-refractivity contribution in [3.63, 3.8) is 0 Å². The molecule has 1 unspecified atom stereocenters. The molecule has 0 bridgehead atoms. The molecule has 0 aliphatic carbocycles. The molecular formula is C23H27N3O3. The van der Waals surface area contributed by atoms with Gasteiger partial charge in [-0.3, -0.25) is 14.4 Å². The van der Waals surface area contributed by atoms with Crippen molar-refractivity contribution in [2.45, 2.75) is 33.6 Å². The lowest BCUT2D eigenvalue weighted by molar-refractivity contribution is -0.122. The van der Waals surface area contributed by atoms with Crippen molar-refractivity contribution in [3.8, 4) is 0 Å². The van der Waals surface area contributed by atoms with Crippen molar-refractivity contribution in [3.05, 3.63) is 59.2 Å². The van der Waals surface area contributed by atoms with E-state index in [2.05, 4.69) is 16.7 Å². The summed E-state index contributed by atoms with van der Waals surface area (Å²) >= 11 is 0. The quantitative estimate of drug-likeness (QED) is 0.789. The molecule has 0 spiro atoms. The largest absolute Gasteiger partial charge is 0.352 e. The maximum Gasteiger partial charge on any atom is 0.253 e. The molecule has 0 saturated carbocycles. The number of carbonyl (C=O) groups excluding carboxylic acids is 3. The van der Waals surface area contributed by atoms with Gasteiger partial charge >= 0.3 is 0 Å². The Bertz CT molecular complexity index is 918. The van der Waals surface area contributed by atoms with Crippen LogP contribution in [-0.2, 0) is 9.59 Å². The van der Waals surface area contributed by atoms with Crippen molar-refractivity contribution in [1.82, 2.24) is 5.32 Å². The summed E-state index contributed by atoms with van der Waals surface area (Å²) in [5, 5.41) is 5.67. The van der Waals surface area contributed by atoms with Crippen LogP contribution in [0.15, 0.2) is 42.5 Å². The van der Waals surface area contributed by atoms with E-state index in [1.807, 2.05) is 32.9 Å². The van der Waals surface area contributed by atoms with Crippen LogP contribution in [0, 0.1) is 19.8 Å². The van der Waals surface area contributed by atoms with Crippen molar-refractivity contribution < 1.29 is 14.4 Å².